The standard InChI is InChI=1S/C15H14Cl2FN/c1-2-19(15-6-4-3-5-13(15)18)14-8-7-11(10-16)9-12(14)17/h3-9H,2,10H2,1H3. The molecule has 100 valence electrons. The molecule has 2 aromatic carbocycles. The Balaban J connectivity index is 2.46. The first kappa shape index (κ1) is 14.2. The predicted octanol–water partition coefficient (Wildman–Crippen LogP) is 5.38. The van der Waals surface area contributed by atoms with Gasteiger partial charge in [0.05, 0.1) is 16.4 Å². The third-order valence-corrected chi connectivity index (χ3v) is 3.53. The van der Waals surface area contributed by atoms with Gasteiger partial charge in [0.1, 0.15) is 5.82 Å². The molecule has 0 aliphatic rings. The summed E-state index contributed by atoms with van der Waals surface area (Å²) in [4.78, 5) is 1.84. The quantitative estimate of drug-likeness (QED) is 0.685. The molecule has 2 aromatic rings. The maximum atomic E-state index is 13.9. The summed E-state index contributed by atoms with van der Waals surface area (Å²) in [6.07, 6.45) is 0. The Bertz CT molecular complexity index is 572. The fourth-order valence-electron chi connectivity index (χ4n) is 1.99. The third kappa shape index (κ3) is 3.02. The van der Waals surface area contributed by atoms with Crippen molar-refractivity contribution >= 4 is 34.6 Å². The minimum atomic E-state index is -0.262. The van der Waals surface area contributed by atoms with Crippen molar-refractivity contribution in [2.24, 2.45) is 0 Å². The number of anilines is 2. The molecule has 0 radical (unpaired) electrons. The largest absolute Gasteiger partial charge is 0.338 e. The van der Waals surface area contributed by atoms with Gasteiger partial charge in [-0.15, -0.1) is 11.6 Å². The molecular formula is C15H14Cl2FN. The highest BCUT2D eigenvalue weighted by Crippen LogP contribution is 2.33. The second-order valence-electron chi connectivity index (χ2n) is 4.12. The van der Waals surface area contributed by atoms with Gasteiger partial charge in [-0.3, -0.25) is 0 Å². The number of benzene rings is 2. The lowest BCUT2D eigenvalue weighted by Crippen LogP contribution is -2.17. The average molecular weight is 298 g/mol. The number of alkyl halides is 1. The van der Waals surface area contributed by atoms with Crippen LogP contribution in [0.4, 0.5) is 15.8 Å². The average Bonchev–Trinajstić information content (AvgIpc) is 2.43. The van der Waals surface area contributed by atoms with Crippen LogP contribution in [0.1, 0.15) is 12.5 Å². The molecule has 0 unspecified atom stereocenters. The smallest absolute Gasteiger partial charge is 0.146 e. The fourth-order valence-corrected chi connectivity index (χ4v) is 2.46. The first-order valence-electron chi connectivity index (χ1n) is 6.03. The van der Waals surface area contributed by atoms with Gasteiger partial charge in [-0.05, 0) is 36.8 Å². The highest BCUT2D eigenvalue weighted by molar-refractivity contribution is 6.33. The van der Waals surface area contributed by atoms with Gasteiger partial charge in [0.25, 0.3) is 0 Å². The van der Waals surface area contributed by atoms with Crippen molar-refractivity contribution in [2.75, 3.05) is 11.4 Å². The highest BCUT2D eigenvalue weighted by Gasteiger charge is 2.14. The van der Waals surface area contributed by atoms with Gasteiger partial charge in [0.15, 0.2) is 0 Å². The van der Waals surface area contributed by atoms with E-state index in [0.29, 0.717) is 23.1 Å². The number of hydrogen-bond donors (Lipinski definition) is 0. The number of para-hydroxylation sites is 1. The zero-order valence-electron chi connectivity index (χ0n) is 10.5. The van der Waals surface area contributed by atoms with E-state index in [2.05, 4.69) is 0 Å². The van der Waals surface area contributed by atoms with E-state index in [9.17, 15) is 4.39 Å². The van der Waals surface area contributed by atoms with Crippen molar-refractivity contribution in [3.05, 3.63) is 58.9 Å². The zero-order chi connectivity index (χ0) is 13.8. The molecule has 0 spiro atoms. The van der Waals surface area contributed by atoms with Crippen LogP contribution in [-0.2, 0) is 5.88 Å². The van der Waals surface area contributed by atoms with Crippen LogP contribution in [0, 0.1) is 5.82 Å². The van der Waals surface area contributed by atoms with Crippen molar-refractivity contribution in [3.63, 3.8) is 0 Å². The van der Waals surface area contributed by atoms with Crippen LogP contribution >= 0.6 is 23.2 Å². The van der Waals surface area contributed by atoms with Gasteiger partial charge in [0, 0.05) is 12.4 Å². The summed E-state index contributed by atoms with van der Waals surface area (Å²) in [6.45, 7) is 2.58. The minimum Gasteiger partial charge on any atom is -0.338 e. The van der Waals surface area contributed by atoms with Gasteiger partial charge in [-0.25, -0.2) is 4.39 Å². The fraction of sp³-hybridized carbons (Fsp3) is 0.200. The lowest BCUT2D eigenvalue weighted by molar-refractivity contribution is 0.625. The Morgan fingerprint density at radius 1 is 1.11 bits per heavy atom. The van der Waals surface area contributed by atoms with Gasteiger partial charge in [-0.2, -0.15) is 0 Å². The van der Waals surface area contributed by atoms with E-state index in [-0.39, 0.29) is 5.82 Å². The molecule has 0 fully saturated rings. The molecule has 0 aliphatic carbocycles. The normalized spacial score (nSPS) is 10.5. The van der Waals surface area contributed by atoms with Crippen LogP contribution in [0.2, 0.25) is 5.02 Å². The maximum absolute atomic E-state index is 13.9. The molecule has 0 saturated carbocycles. The van der Waals surface area contributed by atoms with E-state index in [1.54, 1.807) is 12.1 Å². The van der Waals surface area contributed by atoms with E-state index in [0.717, 1.165) is 11.3 Å². The number of rotatable bonds is 4. The lowest BCUT2D eigenvalue weighted by atomic mass is 10.2. The zero-order valence-corrected chi connectivity index (χ0v) is 12.0. The van der Waals surface area contributed by atoms with Crippen molar-refractivity contribution in [1.82, 2.24) is 0 Å². The molecule has 4 heteroatoms. The Kier molecular flexibility index (Phi) is 4.67. The monoisotopic (exact) mass is 297 g/mol. The number of hydrogen-bond acceptors (Lipinski definition) is 1. The summed E-state index contributed by atoms with van der Waals surface area (Å²) >= 11 is 12.0. The molecule has 0 heterocycles. The van der Waals surface area contributed by atoms with Gasteiger partial charge >= 0.3 is 0 Å². The second-order valence-corrected chi connectivity index (χ2v) is 4.79. The molecule has 0 aromatic heterocycles. The van der Waals surface area contributed by atoms with Gasteiger partial charge in [0.2, 0.25) is 0 Å². The minimum absolute atomic E-state index is 0.262. The van der Waals surface area contributed by atoms with E-state index >= 15 is 0 Å². The number of nitrogens with zero attached hydrogens (tertiary/aromatic N) is 1. The Morgan fingerprint density at radius 2 is 1.84 bits per heavy atom. The molecule has 19 heavy (non-hydrogen) atoms. The summed E-state index contributed by atoms with van der Waals surface area (Å²) in [7, 11) is 0. The molecule has 2 rings (SSSR count). The van der Waals surface area contributed by atoms with Crippen molar-refractivity contribution in [3.8, 4) is 0 Å². The summed E-state index contributed by atoms with van der Waals surface area (Å²) in [6, 6.07) is 12.2. The molecular weight excluding hydrogens is 284 g/mol. The third-order valence-electron chi connectivity index (χ3n) is 2.92. The molecule has 0 aliphatic heterocycles. The molecule has 0 saturated heterocycles. The van der Waals surface area contributed by atoms with Crippen LogP contribution in [0.15, 0.2) is 42.5 Å². The lowest BCUT2D eigenvalue weighted by Gasteiger charge is -2.25. The summed E-state index contributed by atoms with van der Waals surface area (Å²) in [5.41, 5.74) is 2.24. The van der Waals surface area contributed by atoms with E-state index < -0.39 is 0 Å². The molecule has 0 bridgehead atoms. The molecule has 0 atom stereocenters. The second kappa shape index (κ2) is 6.27. The van der Waals surface area contributed by atoms with Gasteiger partial charge in [-0.1, -0.05) is 29.8 Å². The highest BCUT2D eigenvalue weighted by atomic mass is 35.5. The first-order valence-corrected chi connectivity index (χ1v) is 6.95. The van der Waals surface area contributed by atoms with E-state index in [4.69, 9.17) is 23.2 Å². The topological polar surface area (TPSA) is 3.24 Å². The molecule has 1 nitrogen and oxygen atoms in total. The maximum Gasteiger partial charge on any atom is 0.146 e. The molecule has 0 N–H and O–H groups in total. The van der Waals surface area contributed by atoms with Crippen molar-refractivity contribution in [2.45, 2.75) is 12.8 Å². The Morgan fingerprint density at radius 3 is 2.42 bits per heavy atom. The van der Waals surface area contributed by atoms with Crippen LogP contribution in [0.3, 0.4) is 0 Å². The Hall–Kier alpha value is -1.25. The predicted molar refractivity (Wildman–Crippen MR) is 80.1 cm³/mol. The summed E-state index contributed by atoms with van der Waals surface area (Å²) in [5, 5.41) is 0.572. The molecule has 0 amide bonds. The SMILES string of the molecule is CCN(c1ccccc1F)c1ccc(CCl)cc1Cl. The summed E-state index contributed by atoms with van der Waals surface area (Å²) in [5.74, 6) is 0.146. The van der Waals surface area contributed by atoms with Gasteiger partial charge < -0.3 is 4.90 Å². The van der Waals surface area contributed by atoms with Crippen LogP contribution in [0.25, 0.3) is 0 Å². The van der Waals surface area contributed by atoms with E-state index in [1.807, 2.05) is 36.1 Å². The van der Waals surface area contributed by atoms with Crippen molar-refractivity contribution < 1.29 is 4.39 Å². The van der Waals surface area contributed by atoms with Crippen LogP contribution in [-0.4, -0.2) is 6.54 Å². The first-order chi connectivity index (χ1) is 9.17. The van der Waals surface area contributed by atoms with Crippen LogP contribution < -0.4 is 4.90 Å². The summed E-state index contributed by atoms with van der Waals surface area (Å²) < 4.78 is 13.9. The Labute approximate surface area is 122 Å². The van der Waals surface area contributed by atoms with E-state index in [1.165, 1.54) is 6.07 Å². The van der Waals surface area contributed by atoms with Crippen LogP contribution in [0.5, 0.6) is 0 Å². The number of halogens is 3. The van der Waals surface area contributed by atoms with Crippen molar-refractivity contribution in [1.29, 1.82) is 0 Å².